The van der Waals surface area contributed by atoms with Crippen molar-refractivity contribution >= 4 is 0 Å². The molecule has 0 spiro atoms. The minimum Gasteiger partial charge on any atom is -0.305 e. The summed E-state index contributed by atoms with van der Waals surface area (Å²) < 4.78 is 0. The summed E-state index contributed by atoms with van der Waals surface area (Å²) >= 11 is 0. The van der Waals surface area contributed by atoms with Crippen molar-refractivity contribution in [1.29, 1.82) is 0 Å². The normalized spacial score (nSPS) is 22.5. The second-order valence-electron chi connectivity index (χ2n) is 3.69. The Balaban J connectivity index is 2.29. The second kappa shape index (κ2) is 5.55. The molecule has 1 aliphatic heterocycles. The Labute approximate surface area is 76.3 Å². The maximum absolute atomic E-state index is 3.40. The van der Waals surface area contributed by atoms with Gasteiger partial charge in [-0.2, -0.15) is 0 Å². The van der Waals surface area contributed by atoms with Crippen LogP contribution < -0.4 is 5.32 Å². The fraction of sp³-hybridized carbons (Fsp3) is 1.00. The molecule has 1 saturated heterocycles. The van der Waals surface area contributed by atoms with Gasteiger partial charge in [0, 0.05) is 0 Å². The van der Waals surface area contributed by atoms with E-state index in [1.165, 1.54) is 45.2 Å². The van der Waals surface area contributed by atoms with E-state index < -0.39 is 0 Å². The summed E-state index contributed by atoms with van der Waals surface area (Å²) in [7, 11) is 2.08. The van der Waals surface area contributed by atoms with Gasteiger partial charge in [0.1, 0.15) is 0 Å². The first-order valence-corrected chi connectivity index (χ1v) is 5.29. The summed E-state index contributed by atoms with van der Waals surface area (Å²) in [6.07, 6.45) is 7.41. The van der Waals surface area contributed by atoms with Crippen molar-refractivity contribution in [1.82, 2.24) is 10.2 Å². The van der Waals surface area contributed by atoms with Crippen LogP contribution in [0.15, 0.2) is 0 Å². The maximum Gasteiger partial charge on any atom is 0.0594 e. The Hall–Kier alpha value is -0.0800. The molecule has 1 aliphatic rings. The third-order valence-corrected chi connectivity index (χ3v) is 2.73. The Morgan fingerprint density at radius 1 is 1.25 bits per heavy atom. The first kappa shape index (κ1) is 10.0. The Bertz CT molecular complexity index is 106. The van der Waals surface area contributed by atoms with E-state index in [4.69, 9.17) is 0 Å². The number of piperidine rings is 1. The van der Waals surface area contributed by atoms with Crippen LogP contribution in [-0.2, 0) is 0 Å². The fourth-order valence-corrected chi connectivity index (χ4v) is 2.01. The average molecular weight is 170 g/mol. The first-order valence-electron chi connectivity index (χ1n) is 5.29. The standard InChI is InChI=1S/C10H22N2/c1-3-7-10(11-2)12-8-5-4-6-9-12/h10-11H,3-9H2,1-2H3. The van der Waals surface area contributed by atoms with Gasteiger partial charge in [-0.3, -0.25) is 4.90 Å². The molecule has 1 fully saturated rings. The average Bonchev–Trinajstić information content (AvgIpc) is 2.15. The predicted octanol–water partition coefficient (Wildman–Crippen LogP) is 1.82. The van der Waals surface area contributed by atoms with E-state index in [2.05, 4.69) is 24.2 Å². The van der Waals surface area contributed by atoms with Crippen LogP contribution in [0, 0.1) is 0 Å². The summed E-state index contributed by atoms with van der Waals surface area (Å²) in [5.74, 6) is 0. The van der Waals surface area contributed by atoms with Gasteiger partial charge >= 0.3 is 0 Å². The van der Waals surface area contributed by atoms with Gasteiger partial charge in [-0.15, -0.1) is 0 Å². The van der Waals surface area contributed by atoms with E-state index in [1.807, 2.05) is 0 Å². The van der Waals surface area contributed by atoms with Crippen molar-refractivity contribution in [3.8, 4) is 0 Å². The Morgan fingerprint density at radius 2 is 1.92 bits per heavy atom. The number of nitrogens with one attached hydrogen (secondary N) is 1. The molecule has 0 aromatic heterocycles. The molecule has 1 rings (SSSR count). The fourth-order valence-electron chi connectivity index (χ4n) is 2.01. The molecule has 1 N–H and O–H groups in total. The lowest BCUT2D eigenvalue weighted by Crippen LogP contribution is -2.46. The highest BCUT2D eigenvalue weighted by atomic mass is 15.3. The number of hydrogen-bond acceptors (Lipinski definition) is 2. The summed E-state index contributed by atoms with van der Waals surface area (Å²) in [4.78, 5) is 2.59. The van der Waals surface area contributed by atoms with Crippen LogP contribution >= 0.6 is 0 Å². The predicted molar refractivity (Wildman–Crippen MR) is 53.2 cm³/mol. The lowest BCUT2D eigenvalue weighted by Gasteiger charge is -2.34. The van der Waals surface area contributed by atoms with E-state index in [-0.39, 0.29) is 0 Å². The zero-order valence-electron chi connectivity index (χ0n) is 8.47. The number of rotatable bonds is 4. The molecule has 0 saturated carbocycles. The van der Waals surface area contributed by atoms with Crippen molar-refractivity contribution in [2.24, 2.45) is 0 Å². The molecule has 0 bridgehead atoms. The van der Waals surface area contributed by atoms with E-state index in [9.17, 15) is 0 Å². The van der Waals surface area contributed by atoms with Crippen molar-refractivity contribution in [2.75, 3.05) is 20.1 Å². The van der Waals surface area contributed by atoms with Crippen molar-refractivity contribution < 1.29 is 0 Å². The van der Waals surface area contributed by atoms with Crippen molar-refractivity contribution in [3.05, 3.63) is 0 Å². The molecule has 12 heavy (non-hydrogen) atoms. The van der Waals surface area contributed by atoms with Crippen LogP contribution in [0.5, 0.6) is 0 Å². The van der Waals surface area contributed by atoms with Gasteiger partial charge in [-0.1, -0.05) is 19.8 Å². The van der Waals surface area contributed by atoms with Crippen LogP contribution in [-0.4, -0.2) is 31.2 Å². The van der Waals surface area contributed by atoms with Gasteiger partial charge in [-0.05, 0) is 39.4 Å². The van der Waals surface area contributed by atoms with Crippen LogP contribution in [0.25, 0.3) is 0 Å². The third kappa shape index (κ3) is 2.76. The van der Waals surface area contributed by atoms with E-state index in [1.54, 1.807) is 0 Å². The van der Waals surface area contributed by atoms with Gasteiger partial charge in [0.05, 0.1) is 6.17 Å². The van der Waals surface area contributed by atoms with Crippen LogP contribution in [0.1, 0.15) is 39.0 Å². The van der Waals surface area contributed by atoms with Gasteiger partial charge in [0.2, 0.25) is 0 Å². The van der Waals surface area contributed by atoms with Gasteiger partial charge in [0.15, 0.2) is 0 Å². The second-order valence-corrected chi connectivity index (χ2v) is 3.69. The van der Waals surface area contributed by atoms with E-state index in [0.717, 1.165) is 0 Å². The monoisotopic (exact) mass is 170 g/mol. The molecule has 1 heterocycles. The molecule has 2 heteroatoms. The van der Waals surface area contributed by atoms with Crippen LogP contribution in [0.3, 0.4) is 0 Å². The lowest BCUT2D eigenvalue weighted by atomic mass is 10.1. The Kier molecular flexibility index (Phi) is 4.62. The molecule has 0 aromatic rings. The minimum atomic E-state index is 0.635. The molecule has 1 atom stereocenters. The summed E-state index contributed by atoms with van der Waals surface area (Å²) in [5, 5.41) is 3.40. The molecule has 0 aromatic carbocycles. The largest absolute Gasteiger partial charge is 0.305 e. The minimum absolute atomic E-state index is 0.635. The van der Waals surface area contributed by atoms with Crippen LogP contribution in [0.2, 0.25) is 0 Å². The zero-order chi connectivity index (χ0) is 8.81. The maximum atomic E-state index is 3.40. The highest BCUT2D eigenvalue weighted by Crippen LogP contribution is 2.13. The molecule has 2 nitrogen and oxygen atoms in total. The highest BCUT2D eigenvalue weighted by Gasteiger charge is 2.17. The molecule has 0 radical (unpaired) electrons. The van der Waals surface area contributed by atoms with Gasteiger partial charge in [-0.25, -0.2) is 0 Å². The van der Waals surface area contributed by atoms with E-state index in [0.29, 0.717) is 6.17 Å². The summed E-state index contributed by atoms with van der Waals surface area (Å²) in [6, 6.07) is 0. The molecule has 72 valence electrons. The summed E-state index contributed by atoms with van der Waals surface area (Å²) in [6.45, 7) is 4.85. The van der Waals surface area contributed by atoms with Crippen molar-refractivity contribution in [2.45, 2.75) is 45.2 Å². The quantitative estimate of drug-likeness (QED) is 0.692. The zero-order valence-corrected chi connectivity index (χ0v) is 8.47. The summed E-state index contributed by atoms with van der Waals surface area (Å²) in [5.41, 5.74) is 0. The number of likely N-dealkylation sites (tertiary alicyclic amines) is 1. The Morgan fingerprint density at radius 3 is 2.42 bits per heavy atom. The highest BCUT2D eigenvalue weighted by molar-refractivity contribution is 4.71. The lowest BCUT2D eigenvalue weighted by molar-refractivity contribution is 0.135. The van der Waals surface area contributed by atoms with Crippen molar-refractivity contribution in [3.63, 3.8) is 0 Å². The molecule has 1 unspecified atom stereocenters. The number of hydrogen-bond donors (Lipinski definition) is 1. The SMILES string of the molecule is CCCC(NC)N1CCCCC1. The molecular weight excluding hydrogens is 148 g/mol. The molecule has 0 aliphatic carbocycles. The third-order valence-electron chi connectivity index (χ3n) is 2.73. The number of nitrogens with zero attached hydrogens (tertiary/aromatic N) is 1. The molecular formula is C10H22N2. The molecule has 0 amide bonds. The first-order chi connectivity index (χ1) is 5.88. The van der Waals surface area contributed by atoms with Crippen LogP contribution in [0.4, 0.5) is 0 Å². The smallest absolute Gasteiger partial charge is 0.0594 e. The van der Waals surface area contributed by atoms with Gasteiger partial charge in [0.25, 0.3) is 0 Å². The van der Waals surface area contributed by atoms with Gasteiger partial charge < -0.3 is 5.32 Å². The topological polar surface area (TPSA) is 15.3 Å². The van der Waals surface area contributed by atoms with E-state index >= 15 is 0 Å².